The van der Waals surface area contributed by atoms with Crippen LogP contribution in [0.3, 0.4) is 0 Å². The van der Waals surface area contributed by atoms with Crippen LogP contribution in [0.4, 0.5) is 5.82 Å². The van der Waals surface area contributed by atoms with E-state index in [1.165, 1.54) is 5.56 Å². The van der Waals surface area contributed by atoms with Crippen LogP contribution in [0.15, 0.2) is 30.3 Å². The molecule has 1 aromatic heterocycles. The summed E-state index contributed by atoms with van der Waals surface area (Å²) in [6.07, 6.45) is 0.847. The molecule has 20 heavy (non-hydrogen) atoms. The smallest absolute Gasteiger partial charge is 0.224 e. The Balaban J connectivity index is 1.90. The SMILES string of the molecule is COc1ccc(CCNc2cc(CO)nc(Cl)n2)cc1. The van der Waals surface area contributed by atoms with Crippen LogP contribution < -0.4 is 10.1 Å². The van der Waals surface area contributed by atoms with Crippen molar-refractivity contribution in [2.24, 2.45) is 0 Å². The van der Waals surface area contributed by atoms with Gasteiger partial charge in [-0.15, -0.1) is 0 Å². The second-order valence-electron chi connectivity index (χ2n) is 4.20. The molecule has 2 aromatic rings. The van der Waals surface area contributed by atoms with E-state index in [4.69, 9.17) is 21.4 Å². The molecule has 2 rings (SSSR count). The Morgan fingerprint density at radius 2 is 2.00 bits per heavy atom. The third kappa shape index (κ3) is 4.08. The van der Waals surface area contributed by atoms with Crippen LogP contribution in [0.25, 0.3) is 0 Å². The van der Waals surface area contributed by atoms with Crippen molar-refractivity contribution in [2.75, 3.05) is 19.0 Å². The number of nitrogens with one attached hydrogen (secondary N) is 1. The van der Waals surface area contributed by atoms with Crippen LogP contribution in [-0.2, 0) is 13.0 Å². The van der Waals surface area contributed by atoms with Gasteiger partial charge in [0, 0.05) is 12.6 Å². The number of hydrogen-bond donors (Lipinski definition) is 2. The lowest BCUT2D eigenvalue weighted by Crippen LogP contribution is -2.07. The van der Waals surface area contributed by atoms with Crippen LogP contribution in [0.2, 0.25) is 5.28 Å². The maximum atomic E-state index is 9.05. The zero-order valence-electron chi connectivity index (χ0n) is 11.1. The molecule has 1 aromatic carbocycles. The molecule has 106 valence electrons. The van der Waals surface area contributed by atoms with Crippen molar-refractivity contribution in [3.05, 3.63) is 46.9 Å². The van der Waals surface area contributed by atoms with Crippen molar-refractivity contribution in [3.63, 3.8) is 0 Å². The Morgan fingerprint density at radius 1 is 1.25 bits per heavy atom. The molecule has 0 saturated carbocycles. The lowest BCUT2D eigenvalue weighted by atomic mass is 10.1. The average Bonchev–Trinajstić information content (AvgIpc) is 2.47. The summed E-state index contributed by atoms with van der Waals surface area (Å²) in [6, 6.07) is 9.58. The van der Waals surface area contributed by atoms with Gasteiger partial charge in [0.25, 0.3) is 0 Å². The number of halogens is 1. The molecule has 0 spiro atoms. The van der Waals surface area contributed by atoms with Gasteiger partial charge in [-0.1, -0.05) is 12.1 Å². The molecule has 0 amide bonds. The lowest BCUT2D eigenvalue weighted by Gasteiger charge is -2.07. The second-order valence-corrected chi connectivity index (χ2v) is 4.53. The van der Waals surface area contributed by atoms with Crippen molar-refractivity contribution in [1.29, 1.82) is 0 Å². The highest BCUT2D eigenvalue weighted by Gasteiger charge is 2.02. The molecule has 6 heteroatoms. The van der Waals surface area contributed by atoms with Gasteiger partial charge in [-0.25, -0.2) is 9.97 Å². The fourth-order valence-electron chi connectivity index (χ4n) is 1.76. The molecule has 0 atom stereocenters. The van der Waals surface area contributed by atoms with Gasteiger partial charge in [0.2, 0.25) is 5.28 Å². The number of anilines is 1. The van der Waals surface area contributed by atoms with Crippen LogP contribution in [0.5, 0.6) is 5.75 Å². The number of hydrogen-bond acceptors (Lipinski definition) is 5. The number of ether oxygens (including phenoxy) is 1. The molecule has 0 radical (unpaired) electrons. The predicted octanol–water partition coefficient (Wildman–Crippen LogP) is 2.29. The molecule has 0 unspecified atom stereocenters. The molecule has 0 aliphatic carbocycles. The van der Waals surface area contributed by atoms with Crippen LogP contribution in [-0.4, -0.2) is 28.7 Å². The average molecular weight is 294 g/mol. The third-order valence-electron chi connectivity index (χ3n) is 2.79. The van der Waals surface area contributed by atoms with Crippen molar-refractivity contribution >= 4 is 17.4 Å². The molecule has 1 heterocycles. The Kier molecular flexibility index (Phi) is 5.15. The van der Waals surface area contributed by atoms with Gasteiger partial charge in [-0.3, -0.25) is 0 Å². The molecule has 0 saturated heterocycles. The van der Waals surface area contributed by atoms with Crippen molar-refractivity contribution in [2.45, 2.75) is 13.0 Å². The highest BCUT2D eigenvalue weighted by molar-refractivity contribution is 6.28. The van der Waals surface area contributed by atoms with Crippen molar-refractivity contribution < 1.29 is 9.84 Å². The largest absolute Gasteiger partial charge is 0.497 e. The van der Waals surface area contributed by atoms with E-state index >= 15 is 0 Å². The van der Waals surface area contributed by atoms with E-state index in [0.29, 0.717) is 18.1 Å². The fraction of sp³-hybridized carbons (Fsp3) is 0.286. The van der Waals surface area contributed by atoms with E-state index in [-0.39, 0.29) is 11.9 Å². The molecule has 0 bridgehead atoms. The molecular weight excluding hydrogens is 278 g/mol. The van der Waals surface area contributed by atoms with Gasteiger partial charge >= 0.3 is 0 Å². The predicted molar refractivity (Wildman–Crippen MR) is 78.2 cm³/mol. The monoisotopic (exact) mass is 293 g/mol. The Bertz CT molecular complexity index is 561. The first-order chi connectivity index (χ1) is 9.71. The Morgan fingerprint density at radius 3 is 2.65 bits per heavy atom. The number of methoxy groups -OCH3 is 1. The topological polar surface area (TPSA) is 67.3 Å². The maximum absolute atomic E-state index is 9.05. The number of aliphatic hydroxyl groups excluding tert-OH is 1. The first-order valence-corrected chi connectivity index (χ1v) is 6.60. The van der Waals surface area contributed by atoms with E-state index in [2.05, 4.69) is 15.3 Å². The zero-order valence-corrected chi connectivity index (χ0v) is 11.9. The number of nitrogens with zero attached hydrogens (tertiary/aromatic N) is 2. The van der Waals surface area contributed by atoms with Gasteiger partial charge in [-0.05, 0) is 35.7 Å². The number of benzene rings is 1. The second kappa shape index (κ2) is 7.07. The number of aliphatic hydroxyl groups is 1. The van der Waals surface area contributed by atoms with E-state index in [0.717, 1.165) is 12.2 Å². The summed E-state index contributed by atoms with van der Waals surface area (Å²) in [4.78, 5) is 7.94. The van der Waals surface area contributed by atoms with E-state index in [9.17, 15) is 0 Å². The van der Waals surface area contributed by atoms with Gasteiger partial charge in [0.15, 0.2) is 0 Å². The van der Waals surface area contributed by atoms with E-state index in [1.54, 1.807) is 13.2 Å². The van der Waals surface area contributed by atoms with E-state index in [1.807, 2.05) is 24.3 Å². The molecule has 5 nitrogen and oxygen atoms in total. The molecular formula is C14H16ClN3O2. The Labute approximate surface area is 122 Å². The quantitative estimate of drug-likeness (QED) is 0.800. The van der Waals surface area contributed by atoms with Gasteiger partial charge < -0.3 is 15.2 Å². The molecule has 0 aliphatic heterocycles. The standard InChI is InChI=1S/C14H16ClN3O2/c1-20-12-4-2-10(3-5-12)6-7-16-13-8-11(9-19)17-14(15)18-13/h2-5,8,19H,6-7,9H2,1H3,(H,16,17,18). The summed E-state index contributed by atoms with van der Waals surface area (Å²) < 4.78 is 5.11. The fourth-order valence-corrected chi connectivity index (χ4v) is 1.96. The van der Waals surface area contributed by atoms with Gasteiger partial charge in [0.05, 0.1) is 19.4 Å². The van der Waals surface area contributed by atoms with Crippen LogP contribution >= 0.6 is 11.6 Å². The number of aromatic nitrogens is 2. The molecule has 2 N–H and O–H groups in total. The summed E-state index contributed by atoms with van der Waals surface area (Å²) >= 11 is 5.77. The van der Waals surface area contributed by atoms with Crippen LogP contribution in [0.1, 0.15) is 11.3 Å². The summed E-state index contributed by atoms with van der Waals surface area (Å²) in [6.45, 7) is 0.555. The van der Waals surface area contributed by atoms with E-state index < -0.39 is 0 Å². The summed E-state index contributed by atoms with van der Waals surface area (Å²) in [5, 5.41) is 12.3. The Hall–Kier alpha value is -1.85. The first-order valence-electron chi connectivity index (χ1n) is 6.22. The van der Waals surface area contributed by atoms with Crippen molar-refractivity contribution in [3.8, 4) is 5.75 Å². The normalized spacial score (nSPS) is 10.3. The van der Waals surface area contributed by atoms with Crippen LogP contribution in [0, 0.1) is 0 Å². The molecule has 0 aliphatic rings. The number of rotatable bonds is 6. The molecule has 0 fully saturated rings. The van der Waals surface area contributed by atoms with Crippen molar-refractivity contribution in [1.82, 2.24) is 9.97 Å². The minimum Gasteiger partial charge on any atom is -0.497 e. The highest BCUT2D eigenvalue weighted by atomic mass is 35.5. The zero-order chi connectivity index (χ0) is 14.4. The van der Waals surface area contributed by atoms with Gasteiger partial charge in [0.1, 0.15) is 11.6 Å². The summed E-state index contributed by atoms with van der Waals surface area (Å²) in [7, 11) is 1.65. The highest BCUT2D eigenvalue weighted by Crippen LogP contribution is 2.13. The maximum Gasteiger partial charge on any atom is 0.224 e. The third-order valence-corrected chi connectivity index (χ3v) is 2.96. The summed E-state index contributed by atoms with van der Waals surface area (Å²) in [5.41, 5.74) is 1.69. The minimum atomic E-state index is -0.157. The lowest BCUT2D eigenvalue weighted by molar-refractivity contribution is 0.276. The van der Waals surface area contributed by atoms with Gasteiger partial charge in [-0.2, -0.15) is 0 Å². The first kappa shape index (κ1) is 14.6. The summed E-state index contributed by atoms with van der Waals surface area (Å²) in [5.74, 6) is 1.46. The minimum absolute atomic E-state index is 0.128.